The van der Waals surface area contributed by atoms with Gasteiger partial charge in [-0.2, -0.15) is 0 Å². The van der Waals surface area contributed by atoms with E-state index in [-0.39, 0.29) is 21.1 Å². The fourth-order valence-electron chi connectivity index (χ4n) is 0.624. The molecular weight excluding hydrogens is 191 g/mol. The molecule has 0 nitrogen and oxygen atoms in total. The van der Waals surface area contributed by atoms with Gasteiger partial charge in [-0.1, -0.05) is 0 Å². The summed E-state index contributed by atoms with van der Waals surface area (Å²) < 4.78 is 0.906. The van der Waals surface area contributed by atoms with Crippen LogP contribution in [0.1, 0.15) is 0 Å². The van der Waals surface area contributed by atoms with Gasteiger partial charge >= 0.3 is 54.3 Å². The molecule has 0 N–H and O–H groups in total. The normalized spacial score (nSPS) is 19.0. The zero-order valence-corrected chi connectivity index (χ0v) is 7.24. The average molecular weight is 199 g/mol. The Morgan fingerprint density at radius 1 is 1.29 bits per heavy atom. The summed E-state index contributed by atoms with van der Waals surface area (Å²) in [5.74, 6) is 0. The van der Waals surface area contributed by atoms with Crippen molar-refractivity contribution in [1.29, 1.82) is 0 Å². The van der Waals surface area contributed by atoms with E-state index < -0.39 is 0 Å². The molecule has 1 heteroatoms. The van der Waals surface area contributed by atoms with Crippen molar-refractivity contribution in [3.05, 3.63) is 24.3 Å². The summed E-state index contributed by atoms with van der Waals surface area (Å²) in [6, 6.07) is 0. The van der Waals surface area contributed by atoms with Gasteiger partial charge in [-0.3, -0.25) is 0 Å². The number of hydrogen-bond donors (Lipinski definition) is 0. The Morgan fingerprint density at radius 2 is 1.86 bits per heavy atom. The Bertz CT molecular complexity index is 90.7. The Labute approximate surface area is 54.5 Å². The molecule has 0 saturated heterocycles. The first-order valence-electron chi connectivity index (χ1n) is 2.46. The van der Waals surface area contributed by atoms with Crippen LogP contribution in [0.15, 0.2) is 24.3 Å². The fourth-order valence-corrected chi connectivity index (χ4v) is 2.36. The molecule has 2 radical (unpaired) electrons. The molecule has 0 spiro atoms. The third-order valence-corrected chi connectivity index (χ3v) is 4.08. The quantitative estimate of drug-likeness (QED) is 0.563. The van der Waals surface area contributed by atoms with Gasteiger partial charge in [0, 0.05) is 0 Å². The van der Waals surface area contributed by atoms with Crippen LogP contribution in [-0.2, 0) is 0 Å². The van der Waals surface area contributed by atoms with Crippen molar-refractivity contribution in [3.8, 4) is 0 Å². The summed E-state index contributed by atoms with van der Waals surface area (Å²) in [7, 11) is 0. The van der Waals surface area contributed by atoms with Crippen molar-refractivity contribution < 1.29 is 0 Å². The van der Waals surface area contributed by atoms with E-state index in [1.807, 2.05) is 0 Å². The maximum atomic E-state index is 2.37. The Hall–Kier alpha value is 0.279. The second-order valence-corrected chi connectivity index (χ2v) is 5.13. The van der Waals surface area contributed by atoms with Gasteiger partial charge in [-0.05, 0) is 0 Å². The molecule has 1 rings (SSSR count). The van der Waals surface area contributed by atoms with E-state index in [1.54, 1.807) is 0 Å². The van der Waals surface area contributed by atoms with Gasteiger partial charge in [0.05, 0.1) is 0 Å². The van der Waals surface area contributed by atoms with E-state index in [0.717, 1.165) is 3.93 Å². The van der Waals surface area contributed by atoms with E-state index in [1.165, 1.54) is 0 Å². The topological polar surface area (TPSA) is 0 Å². The van der Waals surface area contributed by atoms with Crippen LogP contribution in [0.25, 0.3) is 0 Å². The molecule has 1 aliphatic rings. The van der Waals surface area contributed by atoms with Crippen molar-refractivity contribution in [3.63, 3.8) is 0 Å². The van der Waals surface area contributed by atoms with E-state index in [4.69, 9.17) is 0 Å². The predicted octanol–water partition coefficient (Wildman–Crippen LogP) is 1.65. The maximum absolute atomic E-state index is 2.37. The number of allylic oxidation sites excluding steroid dienone is 4. The van der Waals surface area contributed by atoms with Crippen molar-refractivity contribution in [2.45, 2.75) is 8.87 Å². The Morgan fingerprint density at radius 3 is 2.14 bits per heavy atom. The van der Waals surface area contributed by atoms with E-state index in [9.17, 15) is 0 Å². The van der Waals surface area contributed by atoms with Crippen LogP contribution >= 0.6 is 0 Å². The molecule has 0 bridgehead atoms. The molecular formula is C6H8Sn. The molecule has 0 atom stereocenters. The fraction of sp³-hybridized carbons (Fsp3) is 0.333. The van der Waals surface area contributed by atoms with Crippen LogP contribution in [0.4, 0.5) is 0 Å². The third-order valence-electron chi connectivity index (χ3n) is 1.08. The van der Waals surface area contributed by atoms with Crippen LogP contribution in [0, 0.1) is 0 Å². The summed E-state index contributed by atoms with van der Waals surface area (Å²) in [5.41, 5.74) is 0. The number of rotatable bonds is 1. The Balaban J connectivity index is 2.44. The molecule has 0 aromatic heterocycles. The molecule has 0 aliphatic heterocycles. The molecule has 0 unspecified atom stereocenters. The van der Waals surface area contributed by atoms with E-state index in [2.05, 4.69) is 29.2 Å². The molecule has 0 heterocycles. The third kappa shape index (κ3) is 1.34. The molecule has 1 aliphatic carbocycles. The Kier molecular flexibility index (Phi) is 1.98. The van der Waals surface area contributed by atoms with Gasteiger partial charge in [-0.15, -0.1) is 0 Å². The van der Waals surface area contributed by atoms with E-state index in [0.29, 0.717) is 0 Å². The van der Waals surface area contributed by atoms with Gasteiger partial charge < -0.3 is 0 Å². The predicted molar refractivity (Wildman–Crippen MR) is 33.6 cm³/mol. The van der Waals surface area contributed by atoms with Crippen molar-refractivity contribution in [2.75, 3.05) is 0 Å². The minimum atomic E-state index is -0.0131. The first kappa shape index (κ1) is 5.42. The van der Waals surface area contributed by atoms with Crippen molar-refractivity contribution in [2.24, 2.45) is 0 Å². The van der Waals surface area contributed by atoms with Crippen LogP contribution in [-0.4, -0.2) is 21.1 Å². The summed E-state index contributed by atoms with van der Waals surface area (Å²) in [4.78, 5) is 2.37. The van der Waals surface area contributed by atoms with Crippen molar-refractivity contribution >= 4 is 21.1 Å². The van der Waals surface area contributed by atoms with Crippen LogP contribution < -0.4 is 0 Å². The van der Waals surface area contributed by atoms with Gasteiger partial charge in [0.25, 0.3) is 0 Å². The standard InChI is InChI=1S/C5H5.CH3.Sn/c1-2-4-5-3-1;;/h1-5H;1H3;. The molecule has 36 valence electrons. The molecule has 0 saturated carbocycles. The zero-order valence-electron chi connectivity index (χ0n) is 4.39. The van der Waals surface area contributed by atoms with Gasteiger partial charge in [0.1, 0.15) is 0 Å². The summed E-state index contributed by atoms with van der Waals surface area (Å²) in [6.45, 7) is 0. The van der Waals surface area contributed by atoms with Crippen LogP contribution in [0.5, 0.6) is 0 Å². The van der Waals surface area contributed by atoms with Crippen molar-refractivity contribution in [1.82, 2.24) is 0 Å². The molecule has 7 heavy (non-hydrogen) atoms. The second kappa shape index (κ2) is 2.55. The van der Waals surface area contributed by atoms with Gasteiger partial charge in [0.15, 0.2) is 0 Å². The monoisotopic (exact) mass is 200 g/mol. The first-order chi connectivity index (χ1) is 3.43. The number of hydrogen-bond acceptors (Lipinski definition) is 0. The minimum absolute atomic E-state index is 0.0131. The first-order valence-corrected chi connectivity index (χ1v) is 6.96. The van der Waals surface area contributed by atoms with E-state index >= 15 is 0 Å². The zero-order chi connectivity index (χ0) is 5.11. The van der Waals surface area contributed by atoms with Gasteiger partial charge in [-0.25, -0.2) is 0 Å². The molecule has 0 amide bonds. The molecule has 0 aromatic rings. The SMILES string of the molecule is [CH3][Sn][CH]1C=CC=C1. The van der Waals surface area contributed by atoms with Gasteiger partial charge in [0.2, 0.25) is 0 Å². The molecule has 0 aromatic carbocycles. The summed E-state index contributed by atoms with van der Waals surface area (Å²) in [5, 5.41) is 0. The summed E-state index contributed by atoms with van der Waals surface area (Å²) >= 11 is -0.0131. The second-order valence-electron chi connectivity index (χ2n) is 1.58. The van der Waals surface area contributed by atoms with Crippen LogP contribution in [0.3, 0.4) is 0 Å². The average Bonchev–Trinajstić information content (AvgIpc) is 2.14. The molecule has 0 fully saturated rings. The van der Waals surface area contributed by atoms with Crippen LogP contribution in [0.2, 0.25) is 8.87 Å². The summed E-state index contributed by atoms with van der Waals surface area (Å²) in [6.07, 6.45) is 8.89.